The van der Waals surface area contributed by atoms with Crippen molar-refractivity contribution in [2.24, 2.45) is 0 Å². The molecule has 18 heavy (non-hydrogen) atoms. The van der Waals surface area contributed by atoms with Gasteiger partial charge in [0.15, 0.2) is 9.84 Å². The molecule has 0 spiro atoms. The molecule has 0 saturated heterocycles. The largest absolute Gasteiger partial charge is 0.312 e. The molecule has 1 amide bonds. The normalized spacial score (nSPS) is 14.1. The quantitative estimate of drug-likeness (QED) is 0.794. The summed E-state index contributed by atoms with van der Waals surface area (Å²) in [5.74, 6) is -0.580. The van der Waals surface area contributed by atoms with Gasteiger partial charge in [0, 0.05) is 19.2 Å². The van der Waals surface area contributed by atoms with Gasteiger partial charge in [-0.15, -0.1) is 0 Å². The van der Waals surface area contributed by atoms with Crippen LogP contribution in [0.1, 0.15) is 12.5 Å². The minimum atomic E-state index is -3.53. The molecule has 2 rings (SSSR count). The van der Waals surface area contributed by atoms with Gasteiger partial charge in [-0.1, -0.05) is 0 Å². The van der Waals surface area contributed by atoms with Gasteiger partial charge < -0.3 is 4.90 Å². The molecule has 5 nitrogen and oxygen atoms in total. The number of hydrogen-bond donors (Lipinski definition) is 0. The van der Waals surface area contributed by atoms with Crippen molar-refractivity contribution in [1.82, 2.24) is 0 Å². The minimum Gasteiger partial charge on any atom is -0.312 e. The maximum absolute atomic E-state index is 11.7. The summed E-state index contributed by atoms with van der Waals surface area (Å²) in [6.07, 6.45) is 0.644. The van der Waals surface area contributed by atoms with Crippen molar-refractivity contribution in [2.45, 2.75) is 18.2 Å². The predicted octanol–water partition coefficient (Wildman–Crippen LogP) is 0.893. The third-order valence-electron chi connectivity index (χ3n) is 2.94. The molecular weight excluding hydrogens is 252 g/mol. The van der Waals surface area contributed by atoms with Crippen LogP contribution >= 0.6 is 0 Å². The Balaban J connectivity index is 2.43. The zero-order valence-corrected chi connectivity index (χ0v) is 10.7. The lowest BCUT2D eigenvalue weighted by molar-refractivity contribution is -0.116. The van der Waals surface area contributed by atoms with Crippen LogP contribution in [0.4, 0.5) is 5.69 Å². The summed E-state index contributed by atoms with van der Waals surface area (Å²) in [7, 11) is -3.53. The summed E-state index contributed by atoms with van der Waals surface area (Å²) < 4.78 is 23.5. The molecule has 0 aliphatic carbocycles. The molecule has 0 fully saturated rings. The highest BCUT2D eigenvalue weighted by Crippen LogP contribution is 2.30. The highest BCUT2D eigenvalue weighted by atomic mass is 32.2. The van der Waals surface area contributed by atoms with E-state index in [9.17, 15) is 13.2 Å². The third kappa shape index (κ3) is 2.09. The topological polar surface area (TPSA) is 78.2 Å². The molecule has 6 heteroatoms. The summed E-state index contributed by atoms with van der Waals surface area (Å²) in [6, 6.07) is 6.29. The predicted molar refractivity (Wildman–Crippen MR) is 65.8 cm³/mol. The number of carbonyl (C=O) groups is 1. The fourth-order valence-electron chi connectivity index (χ4n) is 2.07. The summed E-state index contributed by atoms with van der Waals surface area (Å²) >= 11 is 0. The molecule has 0 saturated carbocycles. The molecular formula is C12H12N2O3S. The smallest absolute Gasteiger partial charge is 0.223 e. The minimum absolute atomic E-state index is 0.0543. The van der Waals surface area contributed by atoms with Crippen molar-refractivity contribution in [3.63, 3.8) is 0 Å². The molecule has 1 heterocycles. The number of carbonyl (C=O) groups excluding carboxylic acids is 1. The van der Waals surface area contributed by atoms with Crippen LogP contribution in [0.5, 0.6) is 0 Å². The van der Waals surface area contributed by atoms with E-state index in [0.29, 0.717) is 13.0 Å². The number of fused-ring (bicyclic) bond motifs is 1. The van der Waals surface area contributed by atoms with Crippen LogP contribution in [0.25, 0.3) is 0 Å². The standard InChI is InChI=1S/C12H12N2O3S/c1-9(15)14-6-4-10-8-11(2-3-12(10)14)18(16,17)7-5-13/h2-3,8H,4,6-7H2,1H3. The van der Waals surface area contributed by atoms with Crippen molar-refractivity contribution in [3.05, 3.63) is 23.8 Å². The van der Waals surface area contributed by atoms with Crippen molar-refractivity contribution in [1.29, 1.82) is 5.26 Å². The van der Waals surface area contributed by atoms with E-state index >= 15 is 0 Å². The number of anilines is 1. The van der Waals surface area contributed by atoms with E-state index in [1.807, 2.05) is 0 Å². The van der Waals surface area contributed by atoms with Gasteiger partial charge in [-0.3, -0.25) is 4.79 Å². The molecule has 0 unspecified atom stereocenters. The molecule has 0 N–H and O–H groups in total. The van der Waals surface area contributed by atoms with Crippen molar-refractivity contribution < 1.29 is 13.2 Å². The maximum atomic E-state index is 11.7. The van der Waals surface area contributed by atoms with Crippen LogP contribution in [0.15, 0.2) is 23.1 Å². The summed E-state index contributed by atoms with van der Waals surface area (Å²) in [4.78, 5) is 13.1. The van der Waals surface area contributed by atoms with Crippen molar-refractivity contribution >= 4 is 21.4 Å². The SMILES string of the molecule is CC(=O)N1CCc2cc(S(=O)(=O)CC#N)ccc21. The average Bonchev–Trinajstić information content (AvgIpc) is 2.71. The molecule has 0 radical (unpaired) electrons. The number of nitriles is 1. The first-order valence-corrected chi connectivity index (χ1v) is 7.11. The molecule has 0 bridgehead atoms. The lowest BCUT2D eigenvalue weighted by Gasteiger charge is -2.14. The van der Waals surface area contributed by atoms with E-state index in [0.717, 1.165) is 11.3 Å². The van der Waals surface area contributed by atoms with Gasteiger partial charge in [0.05, 0.1) is 11.0 Å². The number of hydrogen-bond acceptors (Lipinski definition) is 4. The van der Waals surface area contributed by atoms with E-state index in [2.05, 4.69) is 0 Å². The maximum Gasteiger partial charge on any atom is 0.223 e. The zero-order valence-electron chi connectivity index (χ0n) is 9.88. The summed E-state index contributed by atoms with van der Waals surface area (Å²) in [5, 5.41) is 8.49. The fraction of sp³-hybridized carbons (Fsp3) is 0.333. The fourth-order valence-corrected chi connectivity index (χ4v) is 3.00. The van der Waals surface area contributed by atoms with Crippen LogP contribution in [0, 0.1) is 11.3 Å². The number of amides is 1. The molecule has 1 aliphatic rings. The van der Waals surface area contributed by atoms with Gasteiger partial charge in [-0.05, 0) is 30.2 Å². The Kier molecular flexibility index (Phi) is 3.09. The Bertz CT molecular complexity index is 644. The van der Waals surface area contributed by atoms with Crippen molar-refractivity contribution in [2.75, 3.05) is 17.2 Å². The highest BCUT2D eigenvalue weighted by Gasteiger charge is 2.24. The van der Waals surface area contributed by atoms with Crippen LogP contribution in [-0.4, -0.2) is 26.6 Å². The Morgan fingerprint density at radius 3 is 2.83 bits per heavy atom. The number of nitrogens with zero attached hydrogens (tertiary/aromatic N) is 2. The Morgan fingerprint density at radius 1 is 1.50 bits per heavy atom. The van der Waals surface area contributed by atoms with Gasteiger partial charge in [0.1, 0.15) is 5.75 Å². The van der Waals surface area contributed by atoms with Gasteiger partial charge >= 0.3 is 0 Å². The third-order valence-corrected chi connectivity index (χ3v) is 4.42. The molecule has 0 aromatic heterocycles. The van der Waals surface area contributed by atoms with Crippen LogP contribution < -0.4 is 4.90 Å². The average molecular weight is 264 g/mol. The van der Waals surface area contributed by atoms with Crippen LogP contribution in [0.3, 0.4) is 0 Å². The first-order chi connectivity index (χ1) is 8.45. The second-order valence-corrected chi connectivity index (χ2v) is 6.12. The second-order valence-electron chi connectivity index (χ2n) is 4.13. The molecule has 1 aromatic carbocycles. The molecule has 1 aromatic rings. The first kappa shape index (κ1) is 12.6. The van der Waals surface area contributed by atoms with Gasteiger partial charge in [-0.2, -0.15) is 5.26 Å². The summed E-state index contributed by atoms with van der Waals surface area (Å²) in [6.45, 7) is 2.06. The van der Waals surface area contributed by atoms with E-state index in [1.54, 1.807) is 23.1 Å². The van der Waals surface area contributed by atoms with E-state index in [4.69, 9.17) is 5.26 Å². The Labute approximate surface area is 106 Å². The van der Waals surface area contributed by atoms with Gasteiger partial charge in [0.2, 0.25) is 5.91 Å². The monoisotopic (exact) mass is 264 g/mol. The van der Waals surface area contributed by atoms with E-state index in [-0.39, 0.29) is 10.8 Å². The zero-order chi connectivity index (χ0) is 13.3. The number of benzene rings is 1. The summed E-state index contributed by atoms with van der Waals surface area (Å²) in [5.41, 5.74) is 1.60. The lowest BCUT2D eigenvalue weighted by atomic mass is 10.2. The Morgan fingerprint density at radius 2 is 2.22 bits per heavy atom. The number of rotatable bonds is 2. The highest BCUT2D eigenvalue weighted by molar-refractivity contribution is 7.91. The molecule has 1 aliphatic heterocycles. The van der Waals surface area contributed by atoms with Gasteiger partial charge in [0.25, 0.3) is 0 Å². The van der Waals surface area contributed by atoms with Crippen LogP contribution in [0.2, 0.25) is 0 Å². The lowest BCUT2D eigenvalue weighted by Crippen LogP contribution is -2.25. The Hall–Kier alpha value is -1.87. The van der Waals surface area contributed by atoms with Crippen LogP contribution in [-0.2, 0) is 21.1 Å². The van der Waals surface area contributed by atoms with Crippen molar-refractivity contribution in [3.8, 4) is 6.07 Å². The second kappa shape index (κ2) is 4.42. The van der Waals surface area contributed by atoms with E-state index in [1.165, 1.54) is 13.0 Å². The van der Waals surface area contributed by atoms with E-state index < -0.39 is 15.6 Å². The number of sulfone groups is 1. The van der Waals surface area contributed by atoms with Gasteiger partial charge in [-0.25, -0.2) is 8.42 Å². The first-order valence-electron chi connectivity index (χ1n) is 5.46. The molecule has 0 atom stereocenters. The molecule has 94 valence electrons.